The van der Waals surface area contributed by atoms with E-state index in [0.29, 0.717) is 35.8 Å². The summed E-state index contributed by atoms with van der Waals surface area (Å²) in [6.07, 6.45) is 4.09. The highest BCUT2D eigenvalue weighted by atomic mass is 19.1. The number of benzene rings is 2. The number of carbonyl (C=O) groups excluding carboxylic acids is 1. The van der Waals surface area contributed by atoms with Gasteiger partial charge in [0, 0.05) is 30.4 Å². The van der Waals surface area contributed by atoms with Crippen LogP contribution in [0, 0.1) is 18.6 Å². The summed E-state index contributed by atoms with van der Waals surface area (Å²) >= 11 is 0. The molecular weight excluding hydrogens is 442 g/mol. The SMILES string of the molecule is Cc1nc(-c2cccc(F)c2)ncc1OC(=O)Nn1cc(C2CCOCC2)c2cc(F)ccc21. The number of amides is 1. The molecule has 0 spiro atoms. The number of carbonyl (C=O) groups is 1. The molecule has 0 bridgehead atoms. The zero-order valence-electron chi connectivity index (χ0n) is 18.4. The number of hydrogen-bond donors (Lipinski definition) is 1. The minimum atomic E-state index is -0.745. The van der Waals surface area contributed by atoms with Crippen LogP contribution in [0.5, 0.6) is 5.75 Å². The maximum absolute atomic E-state index is 14.0. The Balaban J connectivity index is 1.37. The van der Waals surface area contributed by atoms with E-state index in [-0.39, 0.29) is 17.5 Å². The molecule has 1 aliphatic rings. The summed E-state index contributed by atoms with van der Waals surface area (Å²) in [6.45, 7) is 2.96. The standard InChI is InChI=1S/C25H22F2N4O3/c1-15-23(13-28-24(29-15)17-3-2-4-18(26)11-17)34-25(32)30-31-14-21(16-7-9-33-10-8-16)20-12-19(27)5-6-22(20)31/h2-6,11-14,16H,7-10H2,1H3,(H,30,32). The summed E-state index contributed by atoms with van der Waals surface area (Å²) in [6, 6.07) is 10.4. The normalized spacial score (nSPS) is 14.3. The van der Waals surface area contributed by atoms with E-state index in [2.05, 4.69) is 15.4 Å². The van der Waals surface area contributed by atoms with Crippen LogP contribution in [0.25, 0.3) is 22.3 Å². The van der Waals surface area contributed by atoms with Crippen molar-refractivity contribution in [2.24, 2.45) is 0 Å². The number of rotatable bonds is 4. The Morgan fingerprint density at radius 1 is 1.15 bits per heavy atom. The van der Waals surface area contributed by atoms with E-state index in [9.17, 15) is 13.6 Å². The second-order valence-electron chi connectivity index (χ2n) is 8.16. The highest BCUT2D eigenvalue weighted by Gasteiger charge is 2.22. The third kappa shape index (κ3) is 4.47. The predicted octanol–water partition coefficient (Wildman–Crippen LogP) is 5.32. The highest BCUT2D eigenvalue weighted by molar-refractivity contribution is 5.88. The van der Waals surface area contributed by atoms with Crippen LogP contribution in [-0.4, -0.2) is 34.0 Å². The number of aryl methyl sites for hydroxylation is 1. The summed E-state index contributed by atoms with van der Waals surface area (Å²) < 4.78 is 39.9. The van der Waals surface area contributed by atoms with Gasteiger partial charge in [-0.25, -0.2) is 29.0 Å². The van der Waals surface area contributed by atoms with Gasteiger partial charge in [-0.05, 0) is 61.6 Å². The van der Waals surface area contributed by atoms with Crippen molar-refractivity contribution in [3.8, 4) is 17.1 Å². The van der Waals surface area contributed by atoms with Crippen molar-refractivity contribution in [3.05, 3.63) is 77.8 Å². The molecular formula is C25H22F2N4O3. The number of nitrogens with zero attached hydrogens (tertiary/aromatic N) is 3. The molecule has 1 fully saturated rings. The van der Waals surface area contributed by atoms with Crippen molar-refractivity contribution < 1.29 is 23.0 Å². The molecule has 0 atom stereocenters. The van der Waals surface area contributed by atoms with Gasteiger partial charge >= 0.3 is 6.09 Å². The van der Waals surface area contributed by atoms with Crippen LogP contribution in [0.4, 0.5) is 13.6 Å². The predicted molar refractivity (Wildman–Crippen MR) is 122 cm³/mol. The topological polar surface area (TPSA) is 78.3 Å². The van der Waals surface area contributed by atoms with Gasteiger partial charge in [0.1, 0.15) is 11.6 Å². The van der Waals surface area contributed by atoms with Crippen molar-refractivity contribution >= 4 is 17.0 Å². The third-order valence-electron chi connectivity index (χ3n) is 5.89. The van der Waals surface area contributed by atoms with Crippen molar-refractivity contribution in [1.29, 1.82) is 0 Å². The fraction of sp³-hybridized carbons (Fsp3) is 0.240. The number of nitrogens with one attached hydrogen (secondary N) is 1. The minimum Gasteiger partial charge on any atom is -0.406 e. The van der Waals surface area contributed by atoms with E-state index in [0.717, 1.165) is 23.8 Å². The van der Waals surface area contributed by atoms with Crippen molar-refractivity contribution in [1.82, 2.24) is 14.6 Å². The van der Waals surface area contributed by atoms with Gasteiger partial charge in [0.25, 0.3) is 0 Å². The lowest BCUT2D eigenvalue weighted by Crippen LogP contribution is -2.25. The van der Waals surface area contributed by atoms with Crippen molar-refractivity contribution in [2.75, 3.05) is 18.6 Å². The van der Waals surface area contributed by atoms with Gasteiger partial charge < -0.3 is 9.47 Å². The third-order valence-corrected chi connectivity index (χ3v) is 5.89. The quantitative estimate of drug-likeness (QED) is 0.442. The number of aromatic nitrogens is 3. The maximum Gasteiger partial charge on any atom is 0.432 e. The molecule has 0 aliphatic carbocycles. The molecule has 0 radical (unpaired) electrons. The van der Waals surface area contributed by atoms with Crippen molar-refractivity contribution in [3.63, 3.8) is 0 Å². The lowest BCUT2D eigenvalue weighted by Gasteiger charge is -2.21. The van der Waals surface area contributed by atoms with Crippen LogP contribution in [-0.2, 0) is 4.74 Å². The Labute approximate surface area is 194 Å². The van der Waals surface area contributed by atoms with Gasteiger partial charge in [-0.3, -0.25) is 4.68 Å². The molecule has 1 amide bonds. The molecule has 4 aromatic rings. The fourth-order valence-corrected chi connectivity index (χ4v) is 4.20. The summed E-state index contributed by atoms with van der Waals surface area (Å²) in [5, 5.41) is 0.742. The molecule has 9 heteroatoms. The van der Waals surface area contributed by atoms with E-state index in [4.69, 9.17) is 9.47 Å². The first kappa shape index (κ1) is 22.0. The molecule has 174 valence electrons. The average molecular weight is 464 g/mol. The molecule has 2 aromatic carbocycles. The van der Waals surface area contributed by atoms with Crippen LogP contribution in [0.1, 0.15) is 30.0 Å². The molecule has 5 rings (SSSR count). The number of fused-ring (bicyclic) bond motifs is 1. The Hall–Kier alpha value is -3.85. The molecule has 7 nitrogen and oxygen atoms in total. The van der Waals surface area contributed by atoms with E-state index < -0.39 is 11.9 Å². The largest absolute Gasteiger partial charge is 0.432 e. The first-order valence-electron chi connectivity index (χ1n) is 10.9. The number of hydrogen-bond acceptors (Lipinski definition) is 5. The van der Waals surface area contributed by atoms with Crippen LogP contribution in [0.3, 0.4) is 0 Å². The Kier molecular flexibility index (Phi) is 5.93. The highest BCUT2D eigenvalue weighted by Crippen LogP contribution is 2.34. The van der Waals surface area contributed by atoms with Crippen LogP contribution in [0.15, 0.2) is 54.9 Å². The number of ether oxygens (including phenoxy) is 2. The first-order valence-corrected chi connectivity index (χ1v) is 10.9. The monoisotopic (exact) mass is 464 g/mol. The van der Waals surface area contributed by atoms with Gasteiger partial charge in [0.15, 0.2) is 11.6 Å². The summed E-state index contributed by atoms with van der Waals surface area (Å²) in [4.78, 5) is 21.2. The molecule has 0 unspecified atom stereocenters. The Morgan fingerprint density at radius 2 is 1.94 bits per heavy atom. The Morgan fingerprint density at radius 3 is 2.71 bits per heavy atom. The second kappa shape index (κ2) is 9.18. The molecule has 0 saturated carbocycles. The molecule has 1 N–H and O–H groups in total. The van der Waals surface area contributed by atoms with E-state index in [1.807, 2.05) is 0 Å². The lowest BCUT2D eigenvalue weighted by molar-refractivity contribution is 0.0856. The van der Waals surface area contributed by atoms with E-state index in [1.54, 1.807) is 36.0 Å². The molecule has 1 saturated heterocycles. The summed E-state index contributed by atoms with van der Waals surface area (Å²) in [5.41, 5.74) is 5.25. The van der Waals surface area contributed by atoms with Gasteiger partial charge in [-0.1, -0.05) is 12.1 Å². The number of halogens is 2. The van der Waals surface area contributed by atoms with E-state index in [1.165, 1.54) is 30.5 Å². The van der Waals surface area contributed by atoms with Gasteiger partial charge in [0.05, 0.1) is 17.4 Å². The molecule has 3 heterocycles. The molecule has 2 aromatic heterocycles. The van der Waals surface area contributed by atoms with Gasteiger partial charge in [-0.2, -0.15) is 0 Å². The zero-order valence-corrected chi connectivity index (χ0v) is 18.4. The van der Waals surface area contributed by atoms with Crippen LogP contribution < -0.4 is 10.2 Å². The smallest absolute Gasteiger partial charge is 0.406 e. The second-order valence-corrected chi connectivity index (χ2v) is 8.16. The lowest BCUT2D eigenvalue weighted by atomic mass is 9.91. The van der Waals surface area contributed by atoms with Gasteiger partial charge in [0.2, 0.25) is 0 Å². The van der Waals surface area contributed by atoms with E-state index >= 15 is 0 Å². The summed E-state index contributed by atoms with van der Waals surface area (Å²) in [7, 11) is 0. The average Bonchev–Trinajstić information content (AvgIpc) is 3.18. The fourth-order valence-electron chi connectivity index (χ4n) is 4.20. The van der Waals surface area contributed by atoms with Crippen LogP contribution in [0.2, 0.25) is 0 Å². The van der Waals surface area contributed by atoms with Crippen molar-refractivity contribution in [2.45, 2.75) is 25.7 Å². The summed E-state index contributed by atoms with van der Waals surface area (Å²) in [5.74, 6) is -0.0260. The van der Waals surface area contributed by atoms with Gasteiger partial charge in [-0.15, -0.1) is 0 Å². The molecule has 1 aliphatic heterocycles. The first-order chi connectivity index (χ1) is 16.5. The maximum atomic E-state index is 14.0. The Bertz CT molecular complexity index is 1370. The van der Waals surface area contributed by atoms with Crippen LogP contribution >= 0.6 is 0 Å². The minimum absolute atomic E-state index is 0.171. The zero-order chi connectivity index (χ0) is 23.7. The molecule has 34 heavy (non-hydrogen) atoms.